The molecule has 0 fully saturated rings. The zero-order chi connectivity index (χ0) is 40.3. The van der Waals surface area contributed by atoms with Crippen LogP contribution in [0.3, 0.4) is 0 Å². The molecular formula is C45H84NO8P. The van der Waals surface area contributed by atoms with Crippen molar-refractivity contribution in [2.75, 3.05) is 26.4 Å². The second kappa shape index (κ2) is 41.9. The summed E-state index contributed by atoms with van der Waals surface area (Å²) >= 11 is 0. The predicted octanol–water partition coefficient (Wildman–Crippen LogP) is 12.9. The highest BCUT2D eigenvalue weighted by atomic mass is 31.2. The Kier molecular flexibility index (Phi) is 40.5. The molecule has 0 saturated heterocycles. The van der Waals surface area contributed by atoms with Crippen LogP contribution < -0.4 is 5.73 Å². The first-order valence-electron chi connectivity index (χ1n) is 22.5. The van der Waals surface area contributed by atoms with Gasteiger partial charge in [-0.1, -0.05) is 185 Å². The van der Waals surface area contributed by atoms with Crippen molar-refractivity contribution in [3.8, 4) is 0 Å². The second-order valence-electron chi connectivity index (χ2n) is 14.9. The summed E-state index contributed by atoms with van der Waals surface area (Å²) in [4.78, 5) is 34.9. The van der Waals surface area contributed by atoms with Gasteiger partial charge in [0.05, 0.1) is 13.2 Å². The minimum atomic E-state index is -4.38. The lowest BCUT2D eigenvalue weighted by Crippen LogP contribution is -2.29. The molecule has 2 atom stereocenters. The maximum Gasteiger partial charge on any atom is 0.472 e. The third-order valence-corrected chi connectivity index (χ3v) is 10.5. The normalized spacial score (nSPS) is 13.6. The van der Waals surface area contributed by atoms with Gasteiger partial charge in [0.25, 0.3) is 0 Å². The van der Waals surface area contributed by atoms with Gasteiger partial charge in [0.1, 0.15) is 6.61 Å². The van der Waals surface area contributed by atoms with E-state index in [2.05, 4.69) is 50.3 Å². The molecule has 0 aliphatic rings. The fourth-order valence-electron chi connectivity index (χ4n) is 6.24. The van der Waals surface area contributed by atoms with Gasteiger partial charge >= 0.3 is 19.8 Å². The highest BCUT2D eigenvalue weighted by Crippen LogP contribution is 2.43. The van der Waals surface area contributed by atoms with E-state index in [0.717, 1.165) is 70.6 Å². The van der Waals surface area contributed by atoms with Crippen molar-refractivity contribution >= 4 is 19.8 Å². The number of rotatable bonds is 42. The van der Waals surface area contributed by atoms with E-state index in [1.165, 1.54) is 103 Å². The van der Waals surface area contributed by atoms with Crippen LogP contribution in [-0.2, 0) is 32.7 Å². The molecular weight excluding hydrogens is 713 g/mol. The molecule has 0 saturated carbocycles. The predicted molar refractivity (Wildman–Crippen MR) is 229 cm³/mol. The fraction of sp³-hybridized carbons (Fsp3) is 0.822. The molecule has 0 aliphatic carbocycles. The summed E-state index contributed by atoms with van der Waals surface area (Å²) in [6.07, 6.45) is 46.1. The largest absolute Gasteiger partial charge is 0.472 e. The molecule has 0 aromatic rings. The van der Waals surface area contributed by atoms with Gasteiger partial charge in [0.15, 0.2) is 6.10 Å². The lowest BCUT2D eigenvalue weighted by Gasteiger charge is -2.19. The van der Waals surface area contributed by atoms with Crippen molar-refractivity contribution in [1.82, 2.24) is 0 Å². The molecule has 0 spiro atoms. The minimum absolute atomic E-state index is 0.0507. The Balaban J connectivity index is 4.10. The first kappa shape index (κ1) is 53.2. The minimum Gasteiger partial charge on any atom is -0.462 e. The van der Waals surface area contributed by atoms with Crippen molar-refractivity contribution in [3.63, 3.8) is 0 Å². The Bertz CT molecular complexity index is 1000. The van der Waals surface area contributed by atoms with Gasteiger partial charge in [-0.05, 0) is 44.9 Å². The number of nitrogens with two attached hydrogens (primary N) is 1. The molecule has 3 N–H and O–H groups in total. The number of carbonyl (C=O) groups is 2. The smallest absolute Gasteiger partial charge is 0.462 e. The summed E-state index contributed by atoms with van der Waals surface area (Å²) in [5, 5.41) is 0. The van der Waals surface area contributed by atoms with Gasteiger partial charge in [-0.2, -0.15) is 0 Å². The zero-order valence-electron chi connectivity index (χ0n) is 35.4. The number of unbranched alkanes of at least 4 members (excludes halogenated alkanes) is 23. The maximum absolute atomic E-state index is 12.6. The van der Waals surface area contributed by atoms with Crippen LogP contribution >= 0.6 is 7.82 Å². The highest BCUT2D eigenvalue weighted by molar-refractivity contribution is 7.47. The number of hydrogen-bond acceptors (Lipinski definition) is 8. The van der Waals surface area contributed by atoms with Gasteiger partial charge in [-0.25, -0.2) is 4.57 Å². The van der Waals surface area contributed by atoms with Gasteiger partial charge in [0.2, 0.25) is 0 Å². The van der Waals surface area contributed by atoms with E-state index in [4.69, 9.17) is 24.3 Å². The Hall–Kier alpha value is -1.77. The van der Waals surface area contributed by atoms with Crippen LogP contribution in [0.1, 0.15) is 206 Å². The van der Waals surface area contributed by atoms with Crippen LogP contribution in [0.25, 0.3) is 0 Å². The second-order valence-corrected chi connectivity index (χ2v) is 16.3. The average molecular weight is 798 g/mol. The molecule has 0 bridgehead atoms. The van der Waals surface area contributed by atoms with E-state index in [9.17, 15) is 19.0 Å². The first-order chi connectivity index (χ1) is 26.8. The summed E-state index contributed by atoms with van der Waals surface area (Å²) in [5.74, 6) is -0.842. The monoisotopic (exact) mass is 798 g/mol. The summed E-state index contributed by atoms with van der Waals surface area (Å²) in [5.41, 5.74) is 5.35. The third-order valence-electron chi connectivity index (χ3n) is 9.54. The molecule has 0 heterocycles. The Morgan fingerprint density at radius 3 is 1.49 bits per heavy atom. The molecule has 0 aromatic carbocycles. The van der Waals surface area contributed by atoms with E-state index < -0.39 is 26.5 Å². The fourth-order valence-corrected chi connectivity index (χ4v) is 7.00. The highest BCUT2D eigenvalue weighted by Gasteiger charge is 2.26. The molecule has 0 aromatic heterocycles. The summed E-state index contributed by atoms with van der Waals surface area (Å²) < 4.78 is 32.8. The van der Waals surface area contributed by atoms with Gasteiger partial charge in [-0.15, -0.1) is 0 Å². The molecule has 55 heavy (non-hydrogen) atoms. The number of hydrogen-bond donors (Lipinski definition) is 2. The topological polar surface area (TPSA) is 134 Å². The van der Waals surface area contributed by atoms with E-state index in [0.29, 0.717) is 6.42 Å². The number of phosphoric ester groups is 1. The average Bonchev–Trinajstić information content (AvgIpc) is 3.17. The molecule has 322 valence electrons. The van der Waals surface area contributed by atoms with E-state index in [-0.39, 0.29) is 38.6 Å². The number of phosphoric acid groups is 1. The lowest BCUT2D eigenvalue weighted by atomic mass is 10.0. The number of allylic oxidation sites excluding steroid dienone is 6. The van der Waals surface area contributed by atoms with Gasteiger partial charge in [0, 0.05) is 19.4 Å². The maximum atomic E-state index is 12.6. The third kappa shape index (κ3) is 41.7. The molecule has 0 radical (unpaired) electrons. The first-order valence-corrected chi connectivity index (χ1v) is 24.0. The van der Waals surface area contributed by atoms with Gasteiger partial charge in [-0.3, -0.25) is 18.6 Å². The van der Waals surface area contributed by atoms with E-state index in [1.54, 1.807) is 0 Å². The van der Waals surface area contributed by atoms with Gasteiger partial charge < -0.3 is 20.1 Å². The SMILES string of the molecule is CC/C=C/C/C=C/C/C=C/CCCCCCCC(=O)O[C@H](COC(=O)CCCCCCCCCCCCCCCCCCCCC)COP(=O)(O)OCCN. The quantitative estimate of drug-likeness (QED) is 0.0268. The van der Waals surface area contributed by atoms with Crippen LogP contribution in [0.4, 0.5) is 0 Å². The summed E-state index contributed by atoms with van der Waals surface area (Å²) in [6.45, 7) is 3.62. The van der Waals surface area contributed by atoms with Crippen molar-refractivity contribution in [2.24, 2.45) is 5.73 Å². The van der Waals surface area contributed by atoms with Crippen LogP contribution in [0, 0.1) is 0 Å². The van der Waals surface area contributed by atoms with Crippen molar-refractivity contribution < 1.29 is 37.6 Å². The lowest BCUT2D eigenvalue weighted by molar-refractivity contribution is -0.161. The summed E-state index contributed by atoms with van der Waals surface area (Å²) in [7, 11) is -4.38. The van der Waals surface area contributed by atoms with Crippen LogP contribution in [0.2, 0.25) is 0 Å². The molecule has 0 amide bonds. The van der Waals surface area contributed by atoms with E-state index >= 15 is 0 Å². The molecule has 10 heteroatoms. The van der Waals surface area contributed by atoms with Crippen LogP contribution in [-0.4, -0.2) is 49.3 Å². The molecule has 0 rings (SSSR count). The Labute approximate surface area is 337 Å². The Morgan fingerprint density at radius 2 is 1.00 bits per heavy atom. The molecule has 9 nitrogen and oxygen atoms in total. The molecule has 1 unspecified atom stereocenters. The van der Waals surface area contributed by atoms with Crippen LogP contribution in [0.5, 0.6) is 0 Å². The van der Waals surface area contributed by atoms with E-state index in [1.807, 2.05) is 0 Å². The van der Waals surface area contributed by atoms with Crippen molar-refractivity contribution in [2.45, 2.75) is 213 Å². The van der Waals surface area contributed by atoms with Crippen LogP contribution in [0.15, 0.2) is 36.5 Å². The standard InChI is InChI=1S/C45H84NO8P/c1-3-5-7-9-11-13-15-17-19-20-21-22-24-25-27-29-31-33-35-37-44(47)51-41-43(42-53-55(49,50)52-40-39-46)54-45(48)38-36-34-32-30-28-26-23-18-16-14-12-10-8-6-4-2/h6,8,12,14,18,23,43H,3-5,7,9-11,13,15-17,19-22,24-42,46H2,1-2H3,(H,49,50)/b8-6+,14-12+,23-18+/t43-/m1/s1. The molecule has 0 aliphatic heterocycles. The number of ether oxygens (including phenoxy) is 2. The number of carbonyl (C=O) groups excluding carboxylic acids is 2. The Morgan fingerprint density at radius 1 is 0.564 bits per heavy atom. The van der Waals surface area contributed by atoms with Crippen molar-refractivity contribution in [1.29, 1.82) is 0 Å². The zero-order valence-corrected chi connectivity index (χ0v) is 36.3. The number of esters is 2. The van der Waals surface area contributed by atoms with Crippen molar-refractivity contribution in [3.05, 3.63) is 36.5 Å². The summed E-state index contributed by atoms with van der Waals surface area (Å²) in [6, 6.07) is 0.